The number of carboxylic acids is 1. The number of rotatable bonds is 4. The third kappa shape index (κ3) is 3.78. The highest BCUT2D eigenvalue weighted by Crippen LogP contribution is 2.29. The summed E-state index contributed by atoms with van der Waals surface area (Å²) >= 11 is 12.1. The Morgan fingerprint density at radius 1 is 1.27 bits per heavy atom. The van der Waals surface area contributed by atoms with Crippen molar-refractivity contribution in [3.63, 3.8) is 0 Å². The molecular weight excluding hydrogens is 379 g/mol. The number of nitrogens with one attached hydrogen (secondary N) is 2. The molecule has 0 radical (unpaired) electrons. The van der Waals surface area contributed by atoms with Crippen LogP contribution in [0.15, 0.2) is 18.5 Å². The first-order chi connectivity index (χ1) is 12.4. The Morgan fingerprint density at radius 2 is 1.96 bits per heavy atom. The number of H-pyrrole nitrogens is 1. The van der Waals surface area contributed by atoms with Gasteiger partial charge in [0.1, 0.15) is 5.69 Å². The van der Waals surface area contributed by atoms with Gasteiger partial charge in [0, 0.05) is 31.0 Å². The van der Waals surface area contributed by atoms with E-state index in [0.29, 0.717) is 23.8 Å². The first-order valence-electron chi connectivity index (χ1n) is 8.14. The van der Waals surface area contributed by atoms with Gasteiger partial charge in [0.2, 0.25) is 0 Å². The number of piperidine rings is 1. The second-order valence-corrected chi connectivity index (χ2v) is 6.98. The van der Waals surface area contributed by atoms with Gasteiger partial charge in [-0.2, -0.15) is 0 Å². The average Bonchev–Trinajstić information content (AvgIpc) is 2.90. The van der Waals surface area contributed by atoms with E-state index in [2.05, 4.69) is 20.2 Å². The number of carbonyl (C=O) groups is 2. The largest absolute Gasteiger partial charge is 0.478 e. The fraction of sp³-hybridized carbons (Fsp3) is 0.353. The monoisotopic (exact) mass is 396 g/mol. The van der Waals surface area contributed by atoms with Crippen molar-refractivity contribution in [3.8, 4) is 0 Å². The zero-order valence-corrected chi connectivity index (χ0v) is 15.6. The Morgan fingerprint density at radius 3 is 2.54 bits per heavy atom. The van der Waals surface area contributed by atoms with Crippen LogP contribution in [0.2, 0.25) is 10.0 Å². The van der Waals surface area contributed by atoms with Gasteiger partial charge in [-0.25, -0.2) is 4.79 Å². The minimum absolute atomic E-state index is 0.00724. The van der Waals surface area contributed by atoms with E-state index in [4.69, 9.17) is 28.3 Å². The van der Waals surface area contributed by atoms with Crippen LogP contribution >= 0.6 is 23.2 Å². The van der Waals surface area contributed by atoms with Crippen LogP contribution < -0.4 is 10.2 Å². The van der Waals surface area contributed by atoms with Gasteiger partial charge in [-0.1, -0.05) is 23.2 Å². The lowest BCUT2D eigenvalue weighted by Gasteiger charge is -2.33. The van der Waals surface area contributed by atoms with Crippen LogP contribution in [0.1, 0.15) is 39.4 Å². The normalized spacial score (nSPS) is 15.1. The van der Waals surface area contributed by atoms with E-state index in [9.17, 15) is 9.59 Å². The van der Waals surface area contributed by atoms with E-state index >= 15 is 0 Å². The van der Waals surface area contributed by atoms with E-state index in [1.54, 1.807) is 19.2 Å². The highest BCUT2D eigenvalue weighted by Gasteiger charge is 2.24. The average molecular weight is 397 g/mol. The molecule has 0 aliphatic carbocycles. The number of pyridine rings is 1. The maximum atomic E-state index is 12.4. The summed E-state index contributed by atoms with van der Waals surface area (Å²) in [6.07, 6.45) is 4.43. The third-order valence-corrected chi connectivity index (χ3v) is 5.39. The van der Waals surface area contributed by atoms with Crippen molar-refractivity contribution in [2.45, 2.75) is 25.8 Å². The summed E-state index contributed by atoms with van der Waals surface area (Å²) in [6, 6.07) is 1.62. The molecule has 0 unspecified atom stereocenters. The fourth-order valence-electron chi connectivity index (χ4n) is 2.99. The molecule has 138 valence electrons. The molecule has 3 N–H and O–H groups in total. The molecule has 0 aromatic carbocycles. The summed E-state index contributed by atoms with van der Waals surface area (Å²) in [5.41, 5.74) is 1.86. The van der Waals surface area contributed by atoms with E-state index < -0.39 is 5.97 Å². The van der Waals surface area contributed by atoms with E-state index in [-0.39, 0.29) is 28.2 Å². The fourth-order valence-corrected chi connectivity index (χ4v) is 3.40. The molecule has 7 nitrogen and oxygen atoms in total. The predicted molar refractivity (Wildman–Crippen MR) is 99.4 cm³/mol. The van der Waals surface area contributed by atoms with Gasteiger partial charge < -0.3 is 20.3 Å². The Balaban J connectivity index is 1.60. The first kappa shape index (κ1) is 18.5. The Kier molecular flexibility index (Phi) is 5.38. The zero-order valence-electron chi connectivity index (χ0n) is 14.1. The van der Waals surface area contributed by atoms with Crippen LogP contribution in [-0.2, 0) is 0 Å². The third-order valence-electron chi connectivity index (χ3n) is 4.45. The van der Waals surface area contributed by atoms with Crippen LogP contribution in [-0.4, -0.2) is 46.1 Å². The number of amides is 1. The predicted octanol–water partition coefficient (Wildman–Crippen LogP) is 3.12. The number of hydrogen-bond donors (Lipinski definition) is 3. The second kappa shape index (κ2) is 7.55. The number of anilines is 1. The first-order valence-corrected chi connectivity index (χ1v) is 8.90. The van der Waals surface area contributed by atoms with Gasteiger partial charge in [-0.3, -0.25) is 9.78 Å². The van der Waals surface area contributed by atoms with Gasteiger partial charge in [-0.15, -0.1) is 0 Å². The standard InChI is InChI=1S/C17H18Cl2N4O3/c1-9-13(18)14(19)15(21-9)16(24)22-11-2-4-23(5-3-11)12-6-10(17(25)26)7-20-8-12/h6-8,11,21H,2-5H2,1H3,(H,22,24)(H,25,26). The van der Waals surface area contributed by atoms with Crippen molar-refractivity contribution >= 4 is 40.8 Å². The molecule has 3 heterocycles. The SMILES string of the molecule is Cc1[nH]c(C(=O)NC2CCN(c3cncc(C(=O)O)c3)CC2)c(Cl)c1Cl. The lowest BCUT2D eigenvalue weighted by atomic mass is 10.0. The summed E-state index contributed by atoms with van der Waals surface area (Å²) in [5, 5.41) is 12.6. The number of hydrogen-bond acceptors (Lipinski definition) is 4. The van der Waals surface area contributed by atoms with Gasteiger partial charge in [-0.05, 0) is 25.8 Å². The molecule has 1 fully saturated rings. The van der Waals surface area contributed by atoms with Gasteiger partial charge in [0.25, 0.3) is 5.91 Å². The molecule has 0 atom stereocenters. The van der Waals surface area contributed by atoms with Crippen LogP contribution in [0.25, 0.3) is 0 Å². The smallest absolute Gasteiger partial charge is 0.337 e. The van der Waals surface area contributed by atoms with Crippen LogP contribution in [0.5, 0.6) is 0 Å². The molecule has 2 aromatic heterocycles. The van der Waals surface area contributed by atoms with E-state index in [1.165, 1.54) is 6.20 Å². The van der Waals surface area contributed by atoms with Crippen molar-refractivity contribution in [3.05, 3.63) is 45.5 Å². The second-order valence-electron chi connectivity index (χ2n) is 6.22. The van der Waals surface area contributed by atoms with Crippen LogP contribution in [0.3, 0.4) is 0 Å². The Labute approximate surface area is 160 Å². The van der Waals surface area contributed by atoms with Crippen molar-refractivity contribution in [1.82, 2.24) is 15.3 Å². The summed E-state index contributed by atoms with van der Waals surface area (Å²) in [5.74, 6) is -1.28. The molecule has 0 bridgehead atoms. The lowest BCUT2D eigenvalue weighted by molar-refractivity contribution is 0.0696. The van der Waals surface area contributed by atoms with Gasteiger partial charge >= 0.3 is 5.97 Å². The molecule has 1 aliphatic heterocycles. The Hall–Kier alpha value is -2.25. The molecule has 1 saturated heterocycles. The lowest BCUT2D eigenvalue weighted by Crippen LogP contribution is -2.45. The molecular formula is C17H18Cl2N4O3. The molecule has 2 aromatic rings. The molecule has 9 heteroatoms. The van der Waals surface area contributed by atoms with Gasteiger partial charge in [0.05, 0.1) is 27.5 Å². The van der Waals surface area contributed by atoms with Crippen LogP contribution in [0, 0.1) is 6.92 Å². The topological polar surface area (TPSA) is 98.3 Å². The van der Waals surface area contributed by atoms with Crippen molar-refractivity contribution < 1.29 is 14.7 Å². The molecule has 26 heavy (non-hydrogen) atoms. The molecule has 0 spiro atoms. The van der Waals surface area contributed by atoms with Crippen LogP contribution in [0.4, 0.5) is 5.69 Å². The minimum atomic E-state index is -1.00. The summed E-state index contributed by atoms with van der Waals surface area (Å²) in [4.78, 5) is 32.4. The van der Waals surface area contributed by atoms with Gasteiger partial charge in [0.15, 0.2) is 0 Å². The molecule has 3 rings (SSSR count). The molecule has 1 aliphatic rings. The Bertz CT molecular complexity index is 845. The van der Waals surface area contributed by atoms with Crippen molar-refractivity contribution in [1.29, 1.82) is 0 Å². The molecule has 0 saturated carbocycles. The summed E-state index contributed by atoms with van der Waals surface area (Å²) in [6.45, 7) is 3.13. The minimum Gasteiger partial charge on any atom is -0.478 e. The highest BCUT2D eigenvalue weighted by atomic mass is 35.5. The number of carbonyl (C=O) groups excluding carboxylic acids is 1. The maximum absolute atomic E-state index is 12.4. The summed E-state index contributed by atoms with van der Waals surface area (Å²) < 4.78 is 0. The number of nitrogens with zero attached hydrogens (tertiary/aromatic N) is 2. The number of aromatic carboxylic acids is 1. The highest BCUT2D eigenvalue weighted by molar-refractivity contribution is 6.44. The number of aromatic nitrogens is 2. The maximum Gasteiger partial charge on any atom is 0.337 e. The van der Waals surface area contributed by atoms with Crippen molar-refractivity contribution in [2.75, 3.05) is 18.0 Å². The quantitative estimate of drug-likeness (QED) is 0.737. The summed E-state index contributed by atoms with van der Waals surface area (Å²) in [7, 11) is 0. The number of aromatic amines is 1. The zero-order chi connectivity index (χ0) is 18.8. The number of aryl methyl sites for hydroxylation is 1. The van der Waals surface area contributed by atoms with Crippen molar-refractivity contribution in [2.24, 2.45) is 0 Å². The number of carboxylic acid groups (broad SMARTS) is 1. The van der Waals surface area contributed by atoms with E-state index in [0.717, 1.165) is 18.5 Å². The van der Waals surface area contributed by atoms with E-state index in [1.807, 2.05) is 0 Å². The number of halogens is 2. The molecule has 1 amide bonds.